The molecule has 0 N–H and O–H groups in total. The summed E-state index contributed by atoms with van der Waals surface area (Å²) in [5, 5.41) is 8.67. The summed E-state index contributed by atoms with van der Waals surface area (Å²) in [5.74, 6) is 0. The third-order valence-corrected chi connectivity index (χ3v) is 4.26. The Bertz CT molecular complexity index is 870. The van der Waals surface area contributed by atoms with Gasteiger partial charge in [0.15, 0.2) is 11.3 Å². The minimum absolute atomic E-state index is 0.556. The van der Waals surface area contributed by atoms with E-state index in [1.165, 1.54) is 0 Å². The van der Waals surface area contributed by atoms with Crippen molar-refractivity contribution in [3.63, 3.8) is 0 Å². The number of aromatic nitrogens is 6. The van der Waals surface area contributed by atoms with Crippen molar-refractivity contribution >= 4 is 54.8 Å². The Hall–Kier alpha value is -1.51. The summed E-state index contributed by atoms with van der Waals surface area (Å²) in [7, 11) is 0. The molecule has 0 aromatic carbocycles. The van der Waals surface area contributed by atoms with Gasteiger partial charge in [-0.05, 0) is 50.9 Å². The van der Waals surface area contributed by atoms with Crippen LogP contribution < -0.4 is 0 Å². The molecule has 0 aliphatic carbocycles. The highest BCUT2D eigenvalue weighted by molar-refractivity contribution is 9.11. The van der Waals surface area contributed by atoms with Crippen LogP contribution in [0.3, 0.4) is 0 Å². The summed E-state index contributed by atoms with van der Waals surface area (Å²) < 4.78 is 5.14. The van der Waals surface area contributed by atoms with Crippen LogP contribution in [0.5, 0.6) is 0 Å². The predicted octanol–water partition coefficient (Wildman–Crippen LogP) is 3.95. The summed E-state index contributed by atoms with van der Waals surface area (Å²) >= 11 is 12.5. The van der Waals surface area contributed by atoms with Crippen LogP contribution >= 0.6 is 43.5 Å². The maximum atomic E-state index is 5.81. The first-order valence-electron chi connectivity index (χ1n) is 6.16. The van der Waals surface area contributed by atoms with Gasteiger partial charge in [-0.15, -0.1) is 0 Å². The van der Waals surface area contributed by atoms with Crippen LogP contribution in [-0.2, 0) is 0 Å². The number of hydrogen-bond donors (Lipinski definition) is 0. The number of aryl methyl sites for hydroxylation is 1. The third-order valence-electron chi connectivity index (χ3n) is 2.86. The summed E-state index contributed by atoms with van der Waals surface area (Å²) in [4.78, 5) is 8.23. The lowest BCUT2D eigenvalue weighted by Gasteiger charge is -1.95. The monoisotopic (exact) mass is 442 g/mol. The number of fused-ring (bicyclic) bond motifs is 2. The van der Waals surface area contributed by atoms with Crippen molar-refractivity contribution < 1.29 is 0 Å². The minimum Gasteiger partial charge on any atom is -0.236 e. The lowest BCUT2D eigenvalue weighted by molar-refractivity contribution is 0.895. The van der Waals surface area contributed by atoms with Crippen molar-refractivity contribution in [3.05, 3.63) is 56.7 Å². The zero-order valence-corrected chi connectivity index (χ0v) is 15.2. The number of halogens is 3. The molecule has 22 heavy (non-hydrogen) atoms. The van der Waals surface area contributed by atoms with E-state index < -0.39 is 0 Å². The third kappa shape index (κ3) is 2.86. The quantitative estimate of drug-likeness (QED) is 0.386. The Morgan fingerprint density at radius 2 is 1.45 bits per heavy atom. The van der Waals surface area contributed by atoms with Crippen molar-refractivity contribution in [2.45, 2.75) is 6.92 Å². The number of rotatable bonds is 0. The summed E-state index contributed by atoms with van der Waals surface area (Å²) in [5.41, 5.74) is 2.68. The van der Waals surface area contributed by atoms with E-state index in [1.54, 1.807) is 39.9 Å². The first-order valence-corrected chi connectivity index (χ1v) is 8.13. The molecule has 4 rings (SSSR count). The average Bonchev–Trinajstić information content (AvgIpc) is 3.07. The van der Waals surface area contributed by atoms with E-state index in [0.717, 1.165) is 25.9 Å². The first-order chi connectivity index (χ1) is 10.6. The van der Waals surface area contributed by atoms with E-state index >= 15 is 0 Å². The van der Waals surface area contributed by atoms with Crippen LogP contribution in [-0.4, -0.2) is 29.2 Å². The van der Waals surface area contributed by atoms with Crippen molar-refractivity contribution in [2.75, 3.05) is 0 Å². The van der Waals surface area contributed by atoms with Gasteiger partial charge < -0.3 is 0 Å². The second-order valence-electron chi connectivity index (χ2n) is 4.31. The van der Waals surface area contributed by atoms with Crippen LogP contribution in [0, 0.1) is 6.92 Å². The molecular formula is C13H9Br2ClN6. The molecule has 0 spiro atoms. The van der Waals surface area contributed by atoms with Crippen molar-refractivity contribution in [3.8, 4) is 0 Å². The van der Waals surface area contributed by atoms with Crippen molar-refractivity contribution in [1.82, 2.24) is 29.2 Å². The normalized spacial score (nSPS) is 10.7. The van der Waals surface area contributed by atoms with E-state index in [1.807, 2.05) is 13.0 Å². The molecule has 9 heteroatoms. The Labute approximate surface area is 147 Å². The van der Waals surface area contributed by atoms with Gasteiger partial charge in [0, 0.05) is 18.1 Å². The fourth-order valence-corrected chi connectivity index (χ4v) is 2.72. The molecule has 4 aromatic rings. The first kappa shape index (κ1) is 15.4. The molecule has 0 saturated carbocycles. The Morgan fingerprint density at radius 3 is 2.05 bits per heavy atom. The van der Waals surface area contributed by atoms with Crippen LogP contribution in [0.2, 0.25) is 5.15 Å². The highest BCUT2D eigenvalue weighted by atomic mass is 79.9. The van der Waals surface area contributed by atoms with Gasteiger partial charge in [0.25, 0.3) is 0 Å². The highest BCUT2D eigenvalue weighted by Gasteiger charge is 2.03. The lowest BCUT2D eigenvalue weighted by atomic mass is 10.4. The predicted molar refractivity (Wildman–Crippen MR) is 91.1 cm³/mol. The Morgan fingerprint density at radius 1 is 0.909 bits per heavy atom. The van der Waals surface area contributed by atoms with Crippen LogP contribution in [0.25, 0.3) is 11.3 Å². The molecule has 0 radical (unpaired) electrons. The van der Waals surface area contributed by atoms with Gasteiger partial charge >= 0.3 is 0 Å². The molecule has 0 aliphatic heterocycles. The van der Waals surface area contributed by atoms with Gasteiger partial charge in [-0.25, -0.2) is 19.0 Å². The van der Waals surface area contributed by atoms with Crippen molar-refractivity contribution in [1.29, 1.82) is 0 Å². The van der Waals surface area contributed by atoms with Crippen LogP contribution in [0.4, 0.5) is 0 Å². The molecule has 4 aromatic heterocycles. The number of hydrogen-bond acceptors (Lipinski definition) is 4. The summed E-state index contributed by atoms with van der Waals surface area (Å²) in [6.07, 6.45) is 6.82. The van der Waals surface area contributed by atoms with Gasteiger partial charge in [-0.3, -0.25) is 0 Å². The van der Waals surface area contributed by atoms with Crippen LogP contribution in [0.1, 0.15) is 5.69 Å². The molecule has 6 nitrogen and oxygen atoms in total. The Kier molecular flexibility index (Phi) is 4.42. The minimum atomic E-state index is 0.556. The van der Waals surface area contributed by atoms with Crippen LogP contribution in [0.15, 0.2) is 45.9 Å². The second kappa shape index (κ2) is 6.31. The molecule has 0 amide bonds. The smallest absolute Gasteiger partial charge is 0.171 e. The summed E-state index contributed by atoms with van der Waals surface area (Å²) in [6.45, 7) is 1.99. The molecule has 4 heterocycles. The lowest BCUT2D eigenvalue weighted by Crippen LogP contribution is -1.93. The van der Waals surface area contributed by atoms with E-state index in [9.17, 15) is 0 Å². The molecule has 0 bridgehead atoms. The molecule has 0 aliphatic rings. The van der Waals surface area contributed by atoms with E-state index in [0.29, 0.717) is 5.15 Å². The highest BCUT2D eigenvalue weighted by Crippen LogP contribution is 2.17. The molecule has 0 saturated heterocycles. The maximum absolute atomic E-state index is 5.81. The SMILES string of the molecule is Cc1ccnc2c(Br)cnn12.Clc1ccnc2c(Br)cnn12. The molecule has 0 atom stereocenters. The maximum Gasteiger partial charge on any atom is 0.171 e. The summed E-state index contributed by atoms with van der Waals surface area (Å²) in [6, 6.07) is 3.61. The standard InChI is InChI=1S/C7H6BrN3.C6H3BrClN3/c1-5-2-3-9-7-6(8)4-10-11(5)7;7-4-3-10-11-5(8)1-2-9-6(4)11/h2-4H,1H3;1-3H. The van der Waals surface area contributed by atoms with E-state index in [4.69, 9.17) is 11.6 Å². The fraction of sp³-hybridized carbons (Fsp3) is 0.0769. The molecule has 112 valence electrons. The molecular weight excluding hydrogens is 435 g/mol. The van der Waals surface area contributed by atoms with Crippen molar-refractivity contribution in [2.24, 2.45) is 0 Å². The van der Waals surface area contributed by atoms with E-state index in [2.05, 4.69) is 52.0 Å². The topological polar surface area (TPSA) is 60.4 Å². The largest absolute Gasteiger partial charge is 0.236 e. The molecule has 0 fully saturated rings. The zero-order chi connectivity index (χ0) is 15.7. The fourth-order valence-electron chi connectivity index (χ4n) is 1.82. The van der Waals surface area contributed by atoms with E-state index in [-0.39, 0.29) is 0 Å². The Balaban J connectivity index is 0.000000131. The van der Waals surface area contributed by atoms with Gasteiger partial charge in [0.05, 0.1) is 21.3 Å². The second-order valence-corrected chi connectivity index (χ2v) is 6.41. The average molecular weight is 445 g/mol. The van der Waals surface area contributed by atoms with Gasteiger partial charge in [0.2, 0.25) is 0 Å². The van der Waals surface area contributed by atoms with Gasteiger partial charge in [-0.2, -0.15) is 10.2 Å². The zero-order valence-electron chi connectivity index (χ0n) is 11.3. The van der Waals surface area contributed by atoms with Gasteiger partial charge in [0.1, 0.15) is 5.15 Å². The number of nitrogens with zero attached hydrogens (tertiary/aromatic N) is 6. The van der Waals surface area contributed by atoms with Gasteiger partial charge in [-0.1, -0.05) is 11.6 Å². The molecule has 0 unspecified atom stereocenters.